The Labute approximate surface area is 322 Å². The molecule has 10 radical (unpaired) electrons. The highest BCUT2D eigenvalue weighted by atomic mass is 16.3. The minimum atomic E-state index is 0.168. The van der Waals surface area contributed by atoms with Gasteiger partial charge in [0.1, 0.15) is 61.6 Å². The largest absolute Gasteiger partial charge is 0.455 e. The highest BCUT2D eigenvalue weighted by molar-refractivity contribution is 6.68. The van der Waals surface area contributed by atoms with Gasteiger partial charge in [-0.15, -0.1) is 16.4 Å². The van der Waals surface area contributed by atoms with Crippen molar-refractivity contribution in [1.29, 1.82) is 0 Å². The smallest absolute Gasteiger partial charge is 0.167 e. The minimum absolute atomic E-state index is 0.168. The summed E-state index contributed by atoms with van der Waals surface area (Å²) in [7, 11) is 31.1. The van der Waals surface area contributed by atoms with Crippen LogP contribution in [0.1, 0.15) is 0 Å². The maximum absolute atomic E-state index is 6.69. The number of fused-ring (bicyclic) bond motifs is 6. The fourth-order valence-electron chi connectivity index (χ4n) is 7.40. The second kappa shape index (κ2) is 12.8. The zero-order chi connectivity index (χ0) is 37.4. The Morgan fingerprint density at radius 1 is 0.345 bits per heavy atom. The van der Waals surface area contributed by atoms with Crippen molar-refractivity contribution in [1.82, 2.24) is 15.0 Å². The zero-order valence-electron chi connectivity index (χ0n) is 29.2. The van der Waals surface area contributed by atoms with Crippen LogP contribution in [0.5, 0.6) is 0 Å². The number of furan rings is 2. The van der Waals surface area contributed by atoms with Crippen molar-refractivity contribution in [3.63, 3.8) is 0 Å². The summed E-state index contributed by atoms with van der Waals surface area (Å²) in [5.41, 5.74) is 9.75. The molecule has 0 atom stereocenters. The first-order valence-electron chi connectivity index (χ1n) is 17.6. The predicted molar refractivity (Wildman–Crippen MR) is 229 cm³/mol. The van der Waals surface area contributed by atoms with Crippen LogP contribution in [0.4, 0.5) is 0 Å². The number of para-hydroxylation sites is 3. The Hall–Kier alpha value is -6.53. The van der Waals surface area contributed by atoms with Crippen molar-refractivity contribution in [2.45, 2.75) is 0 Å². The molecular weight excluding hydrogens is 669 g/mol. The topological polar surface area (TPSA) is 65.0 Å². The molecule has 0 aliphatic heterocycles. The van der Waals surface area contributed by atoms with Gasteiger partial charge in [-0.3, -0.25) is 0 Å². The van der Waals surface area contributed by atoms with Crippen LogP contribution < -0.4 is 27.3 Å². The van der Waals surface area contributed by atoms with E-state index < -0.39 is 0 Å². The highest BCUT2D eigenvalue weighted by Crippen LogP contribution is 2.40. The van der Waals surface area contributed by atoms with Crippen LogP contribution in [-0.4, -0.2) is 54.2 Å². The molecule has 7 aromatic carbocycles. The lowest BCUT2D eigenvalue weighted by molar-refractivity contribution is 0.668. The molecule has 0 N–H and O–H groups in total. The zero-order valence-corrected chi connectivity index (χ0v) is 29.2. The van der Waals surface area contributed by atoms with Gasteiger partial charge in [0.05, 0.1) is 5.56 Å². The molecule has 0 bridgehead atoms. The molecule has 5 nitrogen and oxygen atoms in total. The van der Waals surface area contributed by atoms with Crippen molar-refractivity contribution in [2.75, 3.05) is 0 Å². The van der Waals surface area contributed by atoms with Gasteiger partial charge in [-0.05, 0) is 41.0 Å². The molecule has 0 aliphatic rings. The lowest BCUT2D eigenvalue weighted by Crippen LogP contribution is -2.55. The molecule has 244 valence electrons. The summed E-state index contributed by atoms with van der Waals surface area (Å²) in [6.07, 6.45) is 0. The molecule has 0 saturated carbocycles. The predicted octanol–water partition coefficient (Wildman–Crippen LogP) is 5.97. The summed E-state index contributed by atoms with van der Waals surface area (Å²) in [5.74, 6) is 1.46. The Morgan fingerprint density at radius 2 is 0.836 bits per heavy atom. The summed E-state index contributed by atoms with van der Waals surface area (Å²) >= 11 is 0. The van der Waals surface area contributed by atoms with Crippen LogP contribution in [0.15, 0.2) is 142 Å². The van der Waals surface area contributed by atoms with Crippen molar-refractivity contribution < 1.29 is 8.83 Å². The van der Waals surface area contributed by atoms with Crippen LogP contribution in [0.2, 0.25) is 0 Å². The summed E-state index contributed by atoms with van der Waals surface area (Å²) in [5, 5.41) is 4.09. The molecule has 3 heterocycles. The third-order valence-corrected chi connectivity index (χ3v) is 10.3. The van der Waals surface area contributed by atoms with Crippen LogP contribution in [0.3, 0.4) is 0 Å². The van der Waals surface area contributed by atoms with Crippen molar-refractivity contribution in [3.8, 4) is 56.4 Å². The minimum Gasteiger partial charge on any atom is -0.455 e. The fraction of sp³-hybridized carbons (Fsp3) is 0. The van der Waals surface area contributed by atoms with E-state index in [2.05, 4.69) is 48.5 Å². The van der Waals surface area contributed by atoms with Gasteiger partial charge in [-0.1, -0.05) is 120 Å². The average molecular weight is 691 g/mol. The third-order valence-electron chi connectivity index (χ3n) is 10.3. The monoisotopic (exact) mass is 691 g/mol. The number of benzene rings is 7. The quantitative estimate of drug-likeness (QED) is 0.208. The van der Waals surface area contributed by atoms with Gasteiger partial charge in [-0.2, -0.15) is 0 Å². The van der Waals surface area contributed by atoms with E-state index in [9.17, 15) is 0 Å². The molecule has 10 heteroatoms. The molecule has 10 rings (SSSR count). The maximum Gasteiger partial charge on any atom is 0.167 e. The highest BCUT2D eigenvalue weighted by Gasteiger charge is 2.20. The van der Waals surface area contributed by atoms with Crippen molar-refractivity contribution >= 4 is 110 Å². The lowest BCUT2D eigenvalue weighted by atomic mass is 9.59. The van der Waals surface area contributed by atoms with Gasteiger partial charge in [-0.25, -0.2) is 15.0 Å². The van der Waals surface area contributed by atoms with Gasteiger partial charge >= 0.3 is 0 Å². The molecule has 0 amide bonds. The number of nitrogens with zero attached hydrogens (tertiary/aromatic N) is 3. The molecule has 3 aromatic heterocycles. The Morgan fingerprint density at radius 3 is 1.55 bits per heavy atom. The average Bonchev–Trinajstić information content (AvgIpc) is 3.81. The summed E-state index contributed by atoms with van der Waals surface area (Å²) < 4.78 is 13.0. The molecule has 0 spiro atoms. The number of hydrogen-bond donors (Lipinski definition) is 0. The first kappa shape index (κ1) is 33.1. The molecule has 0 unspecified atom stereocenters. The van der Waals surface area contributed by atoms with Gasteiger partial charge in [0.25, 0.3) is 0 Å². The van der Waals surface area contributed by atoms with Crippen LogP contribution in [0, 0.1) is 0 Å². The number of aromatic nitrogens is 3. The first-order chi connectivity index (χ1) is 26.8. The summed E-state index contributed by atoms with van der Waals surface area (Å²) in [4.78, 5) is 14.9. The van der Waals surface area contributed by atoms with E-state index in [0.717, 1.165) is 71.7 Å². The Kier molecular flexibility index (Phi) is 7.70. The Balaban J connectivity index is 1.10. The number of rotatable bonds is 5. The molecule has 0 saturated heterocycles. The first-order valence-corrected chi connectivity index (χ1v) is 17.6. The van der Waals surface area contributed by atoms with E-state index in [1.54, 1.807) is 0 Å². The fourth-order valence-corrected chi connectivity index (χ4v) is 7.40. The van der Waals surface area contributed by atoms with Gasteiger partial charge in [0, 0.05) is 38.2 Å². The van der Waals surface area contributed by atoms with Crippen molar-refractivity contribution in [2.24, 2.45) is 0 Å². The summed E-state index contributed by atoms with van der Waals surface area (Å²) in [6.45, 7) is 0. The van der Waals surface area contributed by atoms with E-state index in [4.69, 9.17) is 63.0 Å². The Bertz CT molecular complexity index is 3130. The van der Waals surface area contributed by atoms with E-state index in [-0.39, 0.29) is 27.3 Å². The summed E-state index contributed by atoms with van der Waals surface area (Å²) in [6, 6.07) is 44.0. The van der Waals surface area contributed by atoms with Gasteiger partial charge in [0.15, 0.2) is 17.5 Å². The molecule has 0 aliphatic carbocycles. The van der Waals surface area contributed by atoms with E-state index in [1.807, 2.05) is 84.9 Å². The standard InChI is InChI=1S/C45H22B5N3O2/c46-36-35(37(47)39(49)40(50)38(36)48)23-16-18-25(19-17-23)44-51-43(24-8-2-1-3-9-24)52-45(53-44)32-14-7-13-31-29-21-20-26(22-34(29)55-42(31)32)27-11-6-12-30-28-10-4-5-15-33(28)54-41(27)30/h1-22H. The normalized spacial score (nSPS) is 11.6. The van der Waals surface area contributed by atoms with Gasteiger partial charge in [0.2, 0.25) is 0 Å². The molecular formula is C45H22B5N3O2. The SMILES string of the molecule is [B]c1c([B])c([B])c(-c2ccc(-c3nc(-c4ccccc4)nc(-c4cccc5c4oc4cc(-c6cccc7c6oc6ccccc67)ccc45)n3)cc2)c([B])c1[B]. The van der Waals surface area contributed by atoms with Crippen molar-refractivity contribution in [3.05, 3.63) is 133 Å². The third kappa shape index (κ3) is 5.35. The van der Waals surface area contributed by atoms with Crippen LogP contribution in [0.25, 0.3) is 100 Å². The molecule has 0 fully saturated rings. The van der Waals surface area contributed by atoms with Crippen LogP contribution in [-0.2, 0) is 0 Å². The van der Waals surface area contributed by atoms with Crippen LogP contribution >= 0.6 is 0 Å². The molecule has 55 heavy (non-hydrogen) atoms. The van der Waals surface area contributed by atoms with E-state index in [1.165, 1.54) is 0 Å². The lowest BCUT2D eigenvalue weighted by Gasteiger charge is -2.21. The second-order valence-electron chi connectivity index (χ2n) is 13.5. The number of hydrogen-bond acceptors (Lipinski definition) is 5. The van der Waals surface area contributed by atoms with E-state index in [0.29, 0.717) is 28.6 Å². The maximum atomic E-state index is 6.69. The van der Waals surface area contributed by atoms with Gasteiger partial charge < -0.3 is 8.83 Å². The molecule has 10 aromatic rings. The second-order valence-corrected chi connectivity index (χ2v) is 13.5. The van der Waals surface area contributed by atoms with E-state index >= 15 is 0 Å².